The van der Waals surface area contributed by atoms with Crippen LogP contribution in [0.15, 0.2) is 54.7 Å². The van der Waals surface area contributed by atoms with Crippen LogP contribution < -0.4 is 9.47 Å². The lowest BCUT2D eigenvalue weighted by Gasteiger charge is -2.32. The Kier molecular flexibility index (Phi) is 5.71. The van der Waals surface area contributed by atoms with Crippen LogP contribution >= 0.6 is 11.6 Å². The molecule has 2 atom stereocenters. The molecule has 2 heterocycles. The van der Waals surface area contributed by atoms with Crippen molar-refractivity contribution in [2.45, 2.75) is 37.2 Å². The molecule has 2 aromatic carbocycles. The zero-order valence-corrected chi connectivity index (χ0v) is 18.9. The molecule has 0 N–H and O–H groups in total. The first-order valence-electron chi connectivity index (χ1n) is 10.9. The molecule has 0 amide bonds. The molecule has 1 aliphatic carbocycles. The van der Waals surface area contributed by atoms with Crippen LogP contribution in [0.1, 0.15) is 41.0 Å². The van der Waals surface area contributed by atoms with Crippen molar-refractivity contribution in [3.63, 3.8) is 0 Å². The fraction of sp³-hybridized carbons (Fsp3) is 0.308. The molecule has 1 aliphatic heterocycles. The Morgan fingerprint density at radius 3 is 2.94 bits per heavy atom. The van der Waals surface area contributed by atoms with Crippen LogP contribution in [0, 0.1) is 5.82 Å². The van der Waals surface area contributed by atoms with E-state index in [0.29, 0.717) is 41.7 Å². The minimum absolute atomic E-state index is 0.0553. The quantitative estimate of drug-likeness (QED) is 0.360. The van der Waals surface area contributed by atoms with Crippen molar-refractivity contribution in [1.29, 1.82) is 0 Å². The number of benzene rings is 2. The van der Waals surface area contributed by atoms with E-state index in [1.54, 1.807) is 18.3 Å². The van der Waals surface area contributed by atoms with E-state index in [1.165, 1.54) is 13.2 Å². The van der Waals surface area contributed by atoms with Gasteiger partial charge in [0.15, 0.2) is 0 Å². The molecule has 0 saturated carbocycles. The highest BCUT2D eigenvalue weighted by Gasteiger charge is 2.44. The Balaban J connectivity index is 1.48. The number of esters is 1. The molecule has 1 unspecified atom stereocenters. The highest BCUT2D eigenvalue weighted by atomic mass is 35.5. The summed E-state index contributed by atoms with van der Waals surface area (Å²) in [5, 5.41) is 0.406. The lowest BCUT2D eigenvalue weighted by Crippen LogP contribution is -2.34. The zero-order valence-electron chi connectivity index (χ0n) is 18.1. The van der Waals surface area contributed by atoms with E-state index in [2.05, 4.69) is 4.98 Å². The van der Waals surface area contributed by atoms with E-state index >= 15 is 4.39 Å². The van der Waals surface area contributed by atoms with Gasteiger partial charge in [0, 0.05) is 35.7 Å². The molecule has 0 spiro atoms. The predicted molar refractivity (Wildman–Crippen MR) is 121 cm³/mol. The topological polar surface area (TPSA) is 57.7 Å². The molecular weight excluding hydrogens is 445 g/mol. The highest BCUT2D eigenvalue weighted by Crippen LogP contribution is 2.46. The van der Waals surface area contributed by atoms with Gasteiger partial charge in [-0.25, -0.2) is 9.37 Å². The number of halogens is 2. The second-order valence-electron chi connectivity index (χ2n) is 8.52. The lowest BCUT2D eigenvalue weighted by atomic mass is 9.88. The van der Waals surface area contributed by atoms with Crippen LogP contribution in [0.3, 0.4) is 0 Å². The molecule has 33 heavy (non-hydrogen) atoms. The predicted octanol–water partition coefficient (Wildman–Crippen LogP) is 5.38. The van der Waals surface area contributed by atoms with Gasteiger partial charge in [-0.05, 0) is 42.2 Å². The third kappa shape index (κ3) is 4.15. The third-order valence-electron chi connectivity index (χ3n) is 6.45. The first-order valence-corrected chi connectivity index (χ1v) is 11.3. The smallest absolute Gasteiger partial charge is 0.306 e. The van der Waals surface area contributed by atoms with E-state index in [0.717, 1.165) is 23.1 Å². The molecule has 170 valence electrons. The monoisotopic (exact) mass is 467 g/mol. The van der Waals surface area contributed by atoms with E-state index < -0.39 is 5.60 Å². The Hall–Kier alpha value is -3.12. The molecular formula is C26H23ClFNO4. The maximum absolute atomic E-state index is 15.1. The highest BCUT2D eigenvalue weighted by molar-refractivity contribution is 6.29. The number of aryl methyl sites for hydroxylation is 1. The Labute approximate surface area is 196 Å². The maximum atomic E-state index is 15.1. The van der Waals surface area contributed by atoms with Crippen molar-refractivity contribution < 1.29 is 23.4 Å². The molecule has 0 radical (unpaired) electrons. The second-order valence-corrected chi connectivity index (χ2v) is 8.91. The average Bonchev–Trinajstić information content (AvgIpc) is 3.37. The van der Waals surface area contributed by atoms with Gasteiger partial charge in [-0.3, -0.25) is 4.79 Å². The number of carbonyl (C=O) groups is 1. The summed E-state index contributed by atoms with van der Waals surface area (Å²) in [6.07, 6.45) is 3.77. The van der Waals surface area contributed by atoms with Gasteiger partial charge in [-0.2, -0.15) is 0 Å². The van der Waals surface area contributed by atoms with Crippen molar-refractivity contribution in [1.82, 2.24) is 4.98 Å². The van der Waals surface area contributed by atoms with Gasteiger partial charge in [0.1, 0.15) is 28.1 Å². The van der Waals surface area contributed by atoms with Gasteiger partial charge < -0.3 is 14.2 Å². The normalized spacial score (nSPS) is 20.6. The first-order chi connectivity index (χ1) is 16.0. The molecule has 1 aromatic heterocycles. The summed E-state index contributed by atoms with van der Waals surface area (Å²) in [5.74, 6) is 0.662. The van der Waals surface area contributed by atoms with Crippen molar-refractivity contribution in [2.75, 3.05) is 13.7 Å². The maximum Gasteiger partial charge on any atom is 0.306 e. The summed E-state index contributed by atoms with van der Waals surface area (Å²) in [6, 6.07) is 14.4. The summed E-state index contributed by atoms with van der Waals surface area (Å²) in [6.45, 7) is 0.410. The van der Waals surface area contributed by atoms with Gasteiger partial charge in [0.2, 0.25) is 0 Å². The number of carbonyl (C=O) groups excluding carboxylic acids is 1. The number of nitrogens with zero attached hydrogens (tertiary/aromatic N) is 1. The van der Waals surface area contributed by atoms with Gasteiger partial charge in [0.05, 0.1) is 20.1 Å². The third-order valence-corrected chi connectivity index (χ3v) is 6.67. The minimum Gasteiger partial charge on any atom is -0.492 e. The molecule has 3 aromatic rings. The molecule has 0 saturated heterocycles. The van der Waals surface area contributed by atoms with Crippen molar-refractivity contribution in [2.24, 2.45) is 0 Å². The van der Waals surface area contributed by atoms with Crippen molar-refractivity contribution in [3.05, 3.63) is 88.0 Å². The van der Waals surface area contributed by atoms with Crippen LogP contribution in [0.4, 0.5) is 4.39 Å². The fourth-order valence-electron chi connectivity index (χ4n) is 4.90. The molecule has 5 nitrogen and oxygen atoms in total. The van der Waals surface area contributed by atoms with E-state index in [-0.39, 0.29) is 24.1 Å². The van der Waals surface area contributed by atoms with E-state index in [4.69, 9.17) is 25.8 Å². The zero-order chi connectivity index (χ0) is 23.0. The van der Waals surface area contributed by atoms with Crippen molar-refractivity contribution >= 4 is 17.6 Å². The first kappa shape index (κ1) is 21.7. The molecule has 7 heteroatoms. The van der Waals surface area contributed by atoms with Crippen LogP contribution in [-0.4, -0.2) is 24.7 Å². The molecule has 0 bridgehead atoms. The van der Waals surface area contributed by atoms with Gasteiger partial charge in [0.25, 0.3) is 0 Å². The van der Waals surface area contributed by atoms with Gasteiger partial charge >= 0.3 is 5.97 Å². The number of hydrogen-bond acceptors (Lipinski definition) is 5. The Bertz CT molecular complexity index is 1200. The lowest BCUT2D eigenvalue weighted by molar-refractivity contribution is -0.141. The van der Waals surface area contributed by atoms with E-state index in [9.17, 15) is 4.79 Å². The van der Waals surface area contributed by atoms with E-state index in [1.807, 2.05) is 30.3 Å². The largest absolute Gasteiger partial charge is 0.492 e. The Morgan fingerprint density at radius 2 is 2.15 bits per heavy atom. The SMILES string of the molecule is COC(=O)CC1COc2cc(O[C@@]3(Cc4ccc(Cl)nc4)CCc4cccc(F)c43)ccc21. The molecule has 0 fully saturated rings. The average molecular weight is 468 g/mol. The summed E-state index contributed by atoms with van der Waals surface area (Å²) in [5.41, 5.74) is 2.51. The number of pyridine rings is 1. The fourth-order valence-corrected chi connectivity index (χ4v) is 5.02. The molecule has 2 aliphatic rings. The van der Waals surface area contributed by atoms with Gasteiger partial charge in [-0.15, -0.1) is 0 Å². The van der Waals surface area contributed by atoms with Crippen LogP contribution in [0.5, 0.6) is 11.5 Å². The number of hydrogen-bond donors (Lipinski definition) is 0. The summed E-state index contributed by atoms with van der Waals surface area (Å²) in [4.78, 5) is 15.9. The van der Waals surface area contributed by atoms with Crippen molar-refractivity contribution in [3.8, 4) is 11.5 Å². The second kappa shape index (κ2) is 8.67. The van der Waals surface area contributed by atoms with Crippen LogP contribution in [0.25, 0.3) is 0 Å². The summed E-state index contributed by atoms with van der Waals surface area (Å²) < 4.78 is 32.3. The van der Waals surface area contributed by atoms with Crippen LogP contribution in [0.2, 0.25) is 5.15 Å². The summed E-state index contributed by atoms with van der Waals surface area (Å²) >= 11 is 5.96. The van der Waals surface area contributed by atoms with Crippen LogP contribution in [-0.2, 0) is 28.0 Å². The number of rotatable bonds is 6. The minimum atomic E-state index is -0.881. The standard InChI is InChI=1S/C26H23ClFNO4/c1-31-24(30)11-18-15-32-22-12-19(6-7-20(18)22)33-26(13-16-5-8-23(27)29-14-16)10-9-17-3-2-4-21(28)25(17)26/h2-8,12,14,18H,9-11,13,15H2,1H3/t18?,26-/m1/s1. The number of ether oxygens (including phenoxy) is 3. The molecule has 5 rings (SSSR count). The summed E-state index contributed by atoms with van der Waals surface area (Å²) in [7, 11) is 1.38. The number of fused-ring (bicyclic) bond motifs is 2. The van der Waals surface area contributed by atoms with Gasteiger partial charge in [-0.1, -0.05) is 35.9 Å². The number of methoxy groups -OCH3 is 1. The number of aromatic nitrogens is 1. The Morgan fingerprint density at radius 1 is 1.27 bits per heavy atom.